The van der Waals surface area contributed by atoms with Crippen molar-refractivity contribution >= 4 is 22.5 Å². The van der Waals surface area contributed by atoms with Gasteiger partial charge in [0.1, 0.15) is 0 Å². The second kappa shape index (κ2) is 6.17. The third kappa shape index (κ3) is 3.45. The number of carbonyl (C=O) groups is 1. The minimum Gasteiger partial charge on any atom is -0.326 e. The first-order chi connectivity index (χ1) is 10.3. The quantitative estimate of drug-likeness (QED) is 0.755. The van der Waals surface area contributed by atoms with Crippen LogP contribution in [0.3, 0.4) is 0 Å². The Kier molecular flexibility index (Phi) is 3.91. The van der Waals surface area contributed by atoms with Crippen molar-refractivity contribution in [1.82, 2.24) is 15.2 Å². The molecular formula is C16H16N4O. The van der Waals surface area contributed by atoms with E-state index in [0.29, 0.717) is 6.42 Å². The summed E-state index contributed by atoms with van der Waals surface area (Å²) < 4.78 is 0. The number of benzene rings is 1. The van der Waals surface area contributed by atoms with Crippen molar-refractivity contribution in [2.75, 3.05) is 5.32 Å². The van der Waals surface area contributed by atoms with Crippen molar-refractivity contribution in [3.8, 4) is 0 Å². The van der Waals surface area contributed by atoms with Gasteiger partial charge in [-0.05, 0) is 42.7 Å². The Morgan fingerprint density at radius 2 is 2.19 bits per heavy atom. The SMILES string of the molecule is O=C(CCCc1cccnc1)Nc1ccc2cn[nH]c2c1. The molecule has 2 N–H and O–H groups in total. The van der Waals surface area contributed by atoms with Crippen LogP contribution in [-0.2, 0) is 11.2 Å². The van der Waals surface area contributed by atoms with Crippen LogP contribution < -0.4 is 5.32 Å². The average Bonchev–Trinajstić information content (AvgIpc) is 2.96. The monoisotopic (exact) mass is 280 g/mol. The molecule has 3 aromatic rings. The molecule has 0 aliphatic carbocycles. The lowest BCUT2D eigenvalue weighted by atomic mass is 10.1. The lowest BCUT2D eigenvalue weighted by Crippen LogP contribution is -2.11. The van der Waals surface area contributed by atoms with E-state index in [4.69, 9.17) is 0 Å². The molecule has 0 atom stereocenters. The molecule has 106 valence electrons. The molecule has 0 aliphatic heterocycles. The fraction of sp³-hybridized carbons (Fsp3) is 0.188. The summed E-state index contributed by atoms with van der Waals surface area (Å²) in [6.45, 7) is 0. The number of hydrogen-bond donors (Lipinski definition) is 2. The van der Waals surface area contributed by atoms with Gasteiger partial charge in [-0.1, -0.05) is 6.07 Å². The van der Waals surface area contributed by atoms with Crippen molar-refractivity contribution in [3.05, 3.63) is 54.5 Å². The Morgan fingerprint density at radius 3 is 3.05 bits per heavy atom. The lowest BCUT2D eigenvalue weighted by molar-refractivity contribution is -0.116. The minimum absolute atomic E-state index is 0.0257. The van der Waals surface area contributed by atoms with Gasteiger partial charge >= 0.3 is 0 Å². The van der Waals surface area contributed by atoms with Gasteiger partial charge in [-0.15, -0.1) is 0 Å². The summed E-state index contributed by atoms with van der Waals surface area (Å²) in [5.41, 5.74) is 2.87. The van der Waals surface area contributed by atoms with Crippen molar-refractivity contribution < 1.29 is 4.79 Å². The number of aromatic nitrogens is 3. The fourth-order valence-corrected chi connectivity index (χ4v) is 2.24. The zero-order valence-electron chi connectivity index (χ0n) is 11.5. The maximum Gasteiger partial charge on any atom is 0.224 e. The second-order valence-electron chi connectivity index (χ2n) is 4.94. The number of rotatable bonds is 5. The highest BCUT2D eigenvalue weighted by Crippen LogP contribution is 2.16. The van der Waals surface area contributed by atoms with Gasteiger partial charge in [0, 0.05) is 29.9 Å². The van der Waals surface area contributed by atoms with E-state index in [2.05, 4.69) is 20.5 Å². The molecule has 0 saturated carbocycles. The fourth-order valence-electron chi connectivity index (χ4n) is 2.24. The summed E-state index contributed by atoms with van der Waals surface area (Å²) in [5.74, 6) is 0.0257. The van der Waals surface area contributed by atoms with Gasteiger partial charge in [-0.3, -0.25) is 14.9 Å². The summed E-state index contributed by atoms with van der Waals surface area (Å²) in [7, 11) is 0. The summed E-state index contributed by atoms with van der Waals surface area (Å²) in [6, 6.07) is 9.65. The molecule has 0 aliphatic rings. The Bertz CT molecular complexity index is 736. The van der Waals surface area contributed by atoms with Crippen molar-refractivity contribution in [3.63, 3.8) is 0 Å². The molecule has 21 heavy (non-hydrogen) atoms. The molecule has 2 aromatic heterocycles. The second-order valence-corrected chi connectivity index (χ2v) is 4.94. The van der Waals surface area contributed by atoms with E-state index in [1.54, 1.807) is 12.4 Å². The van der Waals surface area contributed by atoms with Gasteiger partial charge in [0.25, 0.3) is 0 Å². The molecule has 0 fully saturated rings. The number of hydrogen-bond acceptors (Lipinski definition) is 3. The Hall–Kier alpha value is -2.69. The van der Waals surface area contributed by atoms with E-state index in [1.165, 1.54) is 0 Å². The highest BCUT2D eigenvalue weighted by Gasteiger charge is 2.04. The highest BCUT2D eigenvalue weighted by atomic mass is 16.1. The van der Waals surface area contributed by atoms with E-state index in [9.17, 15) is 4.79 Å². The number of H-pyrrole nitrogens is 1. The van der Waals surface area contributed by atoms with Gasteiger partial charge in [-0.2, -0.15) is 5.10 Å². The lowest BCUT2D eigenvalue weighted by Gasteiger charge is -2.05. The summed E-state index contributed by atoms with van der Waals surface area (Å²) in [4.78, 5) is 16.0. The molecule has 2 heterocycles. The molecule has 1 amide bonds. The molecule has 0 spiro atoms. The molecule has 0 saturated heterocycles. The molecule has 3 rings (SSSR count). The predicted molar refractivity (Wildman–Crippen MR) is 81.9 cm³/mol. The van der Waals surface area contributed by atoms with Gasteiger partial charge < -0.3 is 5.32 Å². The van der Waals surface area contributed by atoms with Crippen LogP contribution in [0.2, 0.25) is 0 Å². The molecule has 0 bridgehead atoms. The topological polar surface area (TPSA) is 70.7 Å². The Labute approximate surface area is 122 Å². The smallest absolute Gasteiger partial charge is 0.224 e. The van der Waals surface area contributed by atoms with Crippen molar-refractivity contribution in [1.29, 1.82) is 0 Å². The van der Waals surface area contributed by atoms with E-state index < -0.39 is 0 Å². The zero-order chi connectivity index (χ0) is 14.5. The van der Waals surface area contributed by atoms with Gasteiger partial charge in [0.05, 0.1) is 11.7 Å². The maximum absolute atomic E-state index is 11.9. The number of nitrogens with zero attached hydrogens (tertiary/aromatic N) is 2. The molecular weight excluding hydrogens is 264 g/mol. The van der Waals surface area contributed by atoms with E-state index in [0.717, 1.165) is 35.0 Å². The van der Waals surface area contributed by atoms with Crippen LogP contribution in [0.1, 0.15) is 18.4 Å². The molecule has 5 nitrogen and oxygen atoms in total. The summed E-state index contributed by atoms with van der Waals surface area (Å²) in [6.07, 6.45) is 7.52. The first-order valence-electron chi connectivity index (χ1n) is 6.93. The van der Waals surface area contributed by atoms with Crippen LogP contribution in [0.15, 0.2) is 48.9 Å². The number of aromatic amines is 1. The summed E-state index contributed by atoms with van der Waals surface area (Å²) in [5, 5.41) is 10.8. The number of fused-ring (bicyclic) bond motifs is 1. The average molecular weight is 280 g/mol. The van der Waals surface area contributed by atoms with E-state index in [-0.39, 0.29) is 5.91 Å². The third-order valence-electron chi connectivity index (χ3n) is 3.32. The van der Waals surface area contributed by atoms with Crippen LogP contribution in [0, 0.1) is 0 Å². The highest BCUT2D eigenvalue weighted by molar-refractivity contribution is 5.93. The maximum atomic E-state index is 11.9. The number of carbonyl (C=O) groups excluding carboxylic acids is 1. The van der Waals surface area contributed by atoms with Crippen LogP contribution in [0.5, 0.6) is 0 Å². The number of aryl methyl sites for hydroxylation is 1. The normalized spacial score (nSPS) is 10.7. The van der Waals surface area contributed by atoms with Gasteiger partial charge in [0.2, 0.25) is 5.91 Å². The first-order valence-corrected chi connectivity index (χ1v) is 6.93. The van der Waals surface area contributed by atoms with Crippen LogP contribution in [0.4, 0.5) is 5.69 Å². The van der Waals surface area contributed by atoms with Crippen molar-refractivity contribution in [2.45, 2.75) is 19.3 Å². The number of amides is 1. The Morgan fingerprint density at radius 1 is 1.24 bits per heavy atom. The molecule has 5 heteroatoms. The number of pyridine rings is 1. The summed E-state index contributed by atoms with van der Waals surface area (Å²) >= 11 is 0. The number of anilines is 1. The third-order valence-corrected chi connectivity index (χ3v) is 3.32. The van der Waals surface area contributed by atoms with Gasteiger partial charge in [0.15, 0.2) is 0 Å². The first kappa shape index (κ1) is 13.3. The van der Waals surface area contributed by atoms with Crippen LogP contribution >= 0.6 is 0 Å². The zero-order valence-corrected chi connectivity index (χ0v) is 11.5. The van der Waals surface area contributed by atoms with Gasteiger partial charge in [-0.25, -0.2) is 0 Å². The van der Waals surface area contributed by atoms with Crippen LogP contribution in [0.25, 0.3) is 10.9 Å². The van der Waals surface area contributed by atoms with Crippen molar-refractivity contribution in [2.24, 2.45) is 0 Å². The molecule has 0 radical (unpaired) electrons. The van der Waals surface area contributed by atoms with Crippen LogP contribution in [-0.4, -0.2) is 21.1 Å². The number of nitrogens with one attached hydrogen (secondary N) is 2. The standard InChI is InChI=1S/C16H16N4O/c21-16(5-1-3-12-4-2-8-17-10-12)19-14-7-6-13-11-18-20-15(13)9-14/h2,4,6-11H,1,3,5H2,(H,18,20)(H,19,21). The minimum atomic E-state index is 0.0257. The largest absolute Gasteiger partial charge is 0.326 e. The predicted octanol–water partition coefficient (Wildman–Crippen LogP) is 2.92. The molecule has 1 aromatic carbocycles. The molecule has 0 unspecified atom stereocenters. The Balaban J connectivity index is 1.51. The van der Waals surface area contributed by atoms with E-state index in [1.807, 2.05) is 36.5 Å². The van der Waals surface area contributed by atoms with E-state index >= 15 is 0 Å².